The van der Waals surface area contributed by atoms with E-state index in [1.165, 1.54) is 0 Å². The van der Waals surface area contributed by atoms with Gasteiger partial charge in [0.25, 0.3) is 5.24 Å². The normalized spacial score (nSPS) is 16.1. The molecule has 1 aliphatic rings. The number of aromatic nitrogens is 1. The number of ether oxygens (including phenoxy) is 2. The van der Waals surface area contributed by atoms with E-state index >= 15 is 0 Å². The molecule has 2 heterocycles. The summed E-state index contributed by atoms with van der Waals surface area (Å²) < 4.78 is 17.7. The average Bonchev–Trinajstić information content (AvgIpc) is 3.36. The van der Waals surface area contributed by atoms with Gasteiger partial charge in [-0.05, 0) is 59.8 Å². The number of hydrogen-bond acceptors (Lipinski definition) is 7. The van der Waals surface area contributed by atoms with Crippen LogP contribution in [-0.2, 0) is 17.6 Å². The van der Waals surface area contributed by atoms with Crippen molar-refractivity contribution in [1.82, 2.24) is 10.5 Å². The van der Waals surface area contributed by atoms with Crippen molar-refractivity contribution in [2.75, 3.05) is 13.2 Å². The summed E-state index contributed by atoms with van der Waals surface area (Å²) in [7, 11) is 0. The Hall–Kier alpha value is -3.00. The van der Waals surface area contributed by atoms with Crippen LogP contribution < -0.4 is 14.8 Å². The Balaban J connectivity index is 1.31. The van der Waals surface area contributed by atoms with Gasteiger partial charge in [0, 0.05) is 17.4 Å². The lowest BCUT2D eigenvalue weighted by molar-refractivity contribution is -0.119. The maximum atomic E-state index is 11.8. The summed E-state index contributed by atoms with van der Waals surface area (Å²) in [5.41, 5.74) is 3.81. The van der Waals surface area contributed by atoms with E-state index in [1.54, 1.807) is 0 Å². The number of nitrogens with zero attached hydrogens (tertiary/aromatic N) is 1. The molecule has 3 aromatic rings. The number of thioether (sulfide) groups is 1. The third-order valence-electron chi connectivity index (χ3n) is 5.66. The Labute approximate surface area is 209 Å². The zero-order chi connectivity index (χ0) is 25.0. The Morgan fingerprint density at radius 1 is 1.06 bits per heavy atom. The second-order valence-corrected chi connectivity index (χ2v) is 11.0. The minimum atomic E-state index is -0.492. The van der Waals surface area contributed by atoms with E-state index in [1.807, 2.05) is 30.3 Å². The highest BCUT2D eigenvalue weighted by Gasteiger charge is 2.32. The molecule has 0 saturated carbocycles. The van der Waals surface area contributed by atoms with E-state index in [0.29, 0.717) is 25.4 Å². The van der Waals surface area contributed by atoms with E-state index in [9.17, 15) is 9.59 Å². The lowest BCUT2D eigenvalue weighted by atomic mass is 9.89. The molecule has 8 heteroatoms. The Morgan fingerprint density at radius 3 is 2.46 bits per heavy atom. The molecule has 1 saturated heterocycles. The SMILES string of the molecule is CCCc1c(OCCCOc2ccc(C3SC(=O)NC3=O)cc2)ccc2c(CC(C)(C)C)noc12. The molecule has 4 rings (SSSR count). The molecule has 35 heavy (non-hydrogen) atoms. The number of imide groups is 1. The number of rotatable bonds is 10. The minimum Gasteiger partial charge on any atom is -0.493 e. The second kappa shape index (κ2) is 10.7. The molecular weight excluding hydrogens is 464 g/mol. The van der Waals surface area contributed by atoms with Crippen molar-refractivity contribution in [3.05, 3.63) is 53.2 Å². The Bertz CT molecular complexity index is 1200. The van der Waals surface area contributed by atoms with Crippen LogP contribution in [0.4, 0.5) is 4.79 Å². The van der Waals surface area contributed by atoms with Gasteiger partial charge in [-0.3, -0.25) is 14.9 Å². The smallest absolute Gasteiger partial charge is 0.286 e. The third kappa shape index (κ3) is 6.17. The lowest BCUT2D eigenvalue weighted by Crippen LogP contribution is -2.20. The van der Waals surface area contributed by atoms with Gasteiger partial charge in [-0.1, -0.05) is 51.4 Å². The zero-order valence-electron chi connectivity index (χ0n) is 20.7. The summed E-state index contributed by atoms with van der Waals surface area (Å²) >= 11 is 0.996. The summed E-state index contributed by atoms with van der Waals surface area (Å²) in [4.78, 5) is 23.2. The standard InChI is InChI=1S/C27H32N2O5S/c1-5-7-20-22(13-12-19-21(16-27(2,3)4)29-34-23(19)20)33-15-6-14-32-18-10-8-17(9-11-18)24-25(30)28-26(31)35-24/h8-13,24H,5-7,14-16H2,1-4H3,(H,28,30,31). The van der Waals surface area contributed by atoms with E-state index in [4.69, 9.17) is 14.0 Å². The summed E-state index contributed by atoms with van der Waals surface area (Å²) in [6, 6.07) is 11.4. The van der Waals surface area contributed by atoms with Gasteiger partial charge >= 0.3 is 0 Å². The van der Waals surface area contributed by atoms with Crippen LogP contribution in [0.25, 0.3) is 11.0 Å². The fraction of sp³-hybridized carbons (Fsp3) is 0.444. The molecule has 1 fully saturated rings. The maximum absolute atomic E-state index is 11.8. The van der Waals surface area contributed by atoms with E-state index in [0.717, 1.165) is 64.6 Å². The first-order valence-electron chi connectivity index (χ1n) is 12.0. The summed E-state index contributed by atoms with van der Waals surface area (Å²) in [6.45, 7) is 9.75. The van der Waals surface area contributed by atoms with Gasteiger partial charge in [-0.15, -0.1) is 0 Å². The molecule has 1 aromatic heterocycles. The van der Waals surface area contributed by atoms with Gasteiger partial charge < -0.3 is 14.0 Å². The van der Waals surface area contributed by atoms with E-state index < -0.39 is 5.25 Å². The largest absolute Gasteiger partial charge is 0.493 e. The number of carbonyl (C=O) groups excluding carboxylic acids is 2. The van der Waals surface area contributed by atoms with Crippen molar-refractivity contribution in [3.8, 4) is 11.5 Å². The summed E-state index contributed by atoms with van der Waals surface area (Å²) in [6.07, 6.45) is 3.42. The molecule has 1 N–H and O–H groups in total. The molecule has 0 radical (unpaired) electrons. The summed E-state index contributed by atoms with van der Waals surface area (Å²) in [5.74, 6) is 1.27. The van der Waals surface area contributed by atoms with Crippen LogP contribution in [0.1, 0.15) is 62.6 Å². The van der Waals surface area contributed by atoms with Crippen molar-refractivity contribution in [1.29, 1.82) is 0 Å². The molecule has 1 unspecified atom stereocenters. The van der Waals surface area contributed by atoms with Gasteiger partial charge in [-0.25, -0.2) is 0 Å². The van der Waals surface area contributed by atoms with Gasteiger partial charge in [0.2, 0.25) is 5.91 Å². The summed E-state index contributed by atoms with van der Waals surface area (Å²) in [5, 5.41) is 6.93. The second-order valence-electron chi connectivity index (χ2n) is 9.93. The predicted molar refractivity (Wildman–Crippen MR) is 137 cm³/mol. The number of fused-ring (bicyclic) bond motifs is 1. The number of amides is 2. The van der Waals surface area contributed by atoms with Crippen molar-refractivity contribution >= 4 is 33.9 Å². The topological polar surface area (TPSA) is 90.7 Å². The zero-order valence-corrected chi connectivity index (χ0v) is 21.5. The fourth-order valence-corrected chi connectivity index (χ4v) is 4.92. The van der Waals surface area contributed by atoms with Crippen LogP contribution in [0.3, 0.4) is 0 Å². The molecule has 1 aliphatic heterocycles. The molecule has 0 bridgehead atoms. The average molecular weight is 497 g/mol. The van der Waals surface area contributed by atoms with Crippen LogP contribution >= 0.6 is 11.8 Å². The molecule has 1 atom stereocenters. The number of aryl methyl sites for hydroxylation is 1. The molecular formula is C27H32N2O5S. The van der Waals surface area contributed by atoms with Gasteiger partial charge in [0.15, 0.2) is 5.58 Å². The van der Waals surface area contributed by atoms with Crippen LogP contribution in [-0.4, -0.2) is 29.5 Å². The monoisotopic (exact) mass is 496 g/mol. The molecule has 2 amide bonds. The Morgan fingerprint density at radius 2 is 1.80 bits per heavy atom. The van der Waals surface area contributed by atoms with Crippen LogP contribution in [0.5, 0.6) is 11.5 Å². The van der Waals surface area contributed by atoms with Crippen molar-refractivity contribution in [2.24, 2.45) is 5.41 Å². The first-order valence-corrected chi connectivity index (χ1v) is 12.9. The van der Waals surface area contributed by atoms with Crippen LogP contribution in [0, 0.1) is 5.41 Å². The van der Waals surface area contributed by atoms with E-state index in [-0.39, 0.29) is 16.6 Å². The minimum absolute atomic E-state index is 0.132. The molecule has 0 spiro atoms. The van der Waals surface area contributed by atoms with Crippen molar-refractivity contribution in [3.63, 3.8) is 0 Å². The van der Waals surface area contributed by atoms with Gasteiger partial charge in [-0.2, -0.15) is 0 Å². The third-order valence-corrected chi connectivity index (χ3v) is 6.70. The van der Waals surface area contributed by atoms with Crippen LogP contribution in [0.2, 0.25) is 0 Å². The van der Waals surface area contributed by atoms with Gasteiger partial charge in [0.05, 0.1) is 18.9 Å². The van der Waals surface area contributed by atoms with Gasteiger partial charge in [0.1, 0.15) is 16.7 Å². The first kappa shape index (κ1) is 25.1. The molecule has 186 valence electrons. The van der Waals surface area contributed by atoms with E-state index in [2.05, 4.69) is 44.2 Å². The highest BCUT2D eigenvalue weighted by atomic mass is 32.2. The highest BCUT2D eigenvalue weighted by Crippen LogP contribution is 2.35. The quantitative estimate of drug-likeness (QED) is 0.332. The number of carbonyl (C=O) groups is 2. The van der Waals surface area contributed by atoms with Crippen molar-refractivity contribution in [2.45, 2.75) is 58.6 Å². The highest BCUT2D eigenvalue weighted by molar-refractivity contribution is 8.15. The number of nitrogens with one attached hydrogen (secondary N) is 1. The first-order chi connectivity index (χ1) is 16.7. The van der Waals surface area contributed by atoms with Crippen molar-refractivity contribution < 1.29 is 23.6 Å². The maximum Gasteiger partial charge on any atom is 0.286 e. The molecule has 0 aliphatic carbocycles. The van der Waals surface area contributed by atoms with Crippen LogP contribution in [0.15, 0.2) is 40.9 Å². The fourth-order valence-electron chi connectivity index (χ4n) is 4.09. The predicted octanol–water partition coefficient (Wildman–Crippen LogP) is 6.24. The number of hydrogen-bond donors (Lipinski definition) is 1. The Kier molecular flexibility index (Phi) is 7.69. The molecule has 7 nitrogen and oxygen atoms in total. The molecule has 2 aromatic carbocycles. The lowest BCUT2D eigenvalue weighted by Gasteiger charge is -2.16. The number of benzene rings is 2.